The number of rotatable bonds is 9. The summed E-state index contributed by atoms with van der Waals surface area (Å²) < 4.78 is 33.8. The molecule has 1 fully saturated rings. The fourth-order valence-electron chi connectivity index (χ4n) is 3.70. The minimum Gasteiger partial charge on any atom is -0.481 e. The first-order valence-electron chi connectivity index (χ1n) is 11.0. The largest absolute Gasteiger partial charge is 0.481 e. The molecule has 4 rings (SSSR count). The lowest BCUT2D eigenvalue weighted by Crippen LogP contribution is -2.06. The number of methoxy groups -OCH3 is 1. The first-order valence-corrected chi connectivity index (χ1v) is 11.0. The highest BCUT2D eigenvalue weighted by Gasteiger charge is 2.45. The number of halogens is 2. The lowest BCUT2D eigenvalue weighted by molar-refractivity contribution is -0.138. The Bertz CT molecular complexity index is 1340. The summed E-state index contributed by atoms with van der Waals surface area (Å²) >= 11 is 0. The van der Waals surface area contributed by atoms with Crippen molar-refractivity contribution in [2.24, 2.45) is 5.92 Å². The molecule has 1 aliphatic carbocycles. The van der Waals surface area contributed by atoms with Crippen LogP contribution in [0.4, 0.5) is 14.6 Å². The predicted octanol–water partition coefficient (Wildman–Crippen LogP) is 4.77. The molecule has 0 bridgehead atoms. The van der Waals surface area contributed by atoms with Crippen LogP contribution in [-0.2, 0) is 16.1 Å². The van der Waals surface area contributed by atoms with E-state index in [0.717, 1.165) is 6.07 Å². The number of anilines is 1. The number of aromatic nitrogens is 2. The second-order valence-electron chi connectivity index (χ2n) is 8.28. The minimum absolute atomic E-state index is 0.0350. The molecule has 8 nitrogen and oxygen atoms in total. The van der Waals surface area contributed by atoms with Crippen molar-refractivity contribution in [1.29, 1.82) is 10.8 Å². The highest BCUT2D eigenvalue weighted by molar-refractivity contribution is 6.09. The number of hydrogen-bond donors (Lipinski definition) is 4. The van der Waals surface area contributed by atoms with Crippen molar-refractivity contribution in [2.75, 3.05) is 12.4 Å². The summed E-state index contributed by atoms with van der Waals surface area (Å²) in [5.41, 5.74) is 2.26. The first-order chi connectivity index (χ1) is 17.3. The zero-order valence-corrected chi connectivity index (χ0v) is 19.3. The van der Waals surface area contributed by atoms with Crippen LogP contribution in [0.2, 0.25) is 0 Å². The lowest BCUT2D eigenvalue weighted by Gasteiger charge is -2.11. The zero-order chi connectivity index (χ0) is 25.8. The van der Waals surface area contributed by atoms with Gasteiger partial charge >= 0.3 is 5.97 Å². The van der Waals surface area contributed by atoms with E-state index in [9.17, 15) is 13.6 Å². The molecular formula is C26H23F2N5O3. The van der Waals surface area contributed by atoms with Crippen LogP contribution in [-0.4, -0.2) is 39.8 Å². The molecule has 0 aliphatic heterocycles. The van der Waals surface area contributed by atoms with E-state index in [2.05, 4.69) is 15.3 Å². The van der Waals surface area contributed by atoms with Crippen LogP contribution < -0.4 is 5.32 Å². The third kappa shape index (κ3) is 5.60. The molecule has 0 unspecified atom stereocenters. The maximum atomic E-state index is 14.6. The van der Waals surface area contributed by atoms with E-state index in [1.54, 1.807) is 24.3 Å². The van der Waals surface area contributed by atoms with E-state index in [1.165, 1.54) is 37.7 Å². The summed E-state index contributed by atoms with van der Waals surface area (Å²) in [6.45, 7) is 0.0350. The van der Waals surface area contributed by atoms with E-state index < -0.39 is 23.5 Å². The van der Waals surface area contributed by atoms with Crippen molar-refractivity contribution in [1.82, 2.24) is 9.97 Å². The summed E-state index contributed by atoms with van der Waals surface area (Å²) in [4.78, 5) is 19.5. The Morgan fingerprint density at radius 3 is 2.50 bits per heavy atom. The van der Waals surface area contributed by atoms with Gasteiger partial charge < -0.3 is 20.6 Å². The maximum Gasteiger partial charge on any atom is 0.307 e. The zero-order valence-electron chi connectivity index (χ0n) is 19.3. The SMILES string of the molecule is COC(=N)/C=C\C(=N)c1ccc(-c2cc(CNc3cnc([C@H]4C[C@@H]4C(=O)O)cn3)c(F)cc2F)cc1. The Kier molecular flexibility index (Phi) is 7.14. The monoisotopic (exact) mass is 491 g/mol. The molecule has 1 saturated carbocycles. The second-order valence-corrected chi connectivity index (χ2v) is 8.28. The summed E-state index contributed by atoms with van der Waals surface area (Å²) in [6.07, 6.45) is 6.29. The van der Waals surface area contributed by atoms with E-state index >= 15 is 0 Å². The van der Waals surface area contributed by atoms with Crippen LogP contribution in [0.25, 0.3) is 11.1 Å². The van der Waals surface area contributed by atoms with Crippen molar-refractivity contribution in [3.63, 3.8) is 0 Å². The molecule has 2 aromatic carbocycles. The first kappa shape index (κ1) is 24.6. The normalized spacial score (nSPS) is 16.5. The van der Waals surface area contributed by atoms with Gasteiger partial charge in [-0.1, -0.05) is 24.3 Å². The van der Waals surface area contributed by atoms with Gasteiger partial charge in [-0.2, -0.15) is 0 Å². The molecule has 0 saturated heterocycles. The molecule has 1 aromatic heterocycles. The van der Waals surface area contributed by atoms with Crippen LogP contribution in [0.5, 0.6) is 0 Å². The molecular weight excluding hydrogens is 468 g/mol. The standard InChI is InChI=1S/C26H23F2N5O3/c1-36-24(30)7-6-22(29)15-4-2-14(3-5-15)17-8-16(20(27)10-21(17)28)11-32-25-13-31-23(12-33-25)18-9-19(18)26(34)35/h2-8,10,12-13,18-19,29-30H,9,11H2,1H3,(H,32,33)(H,34,35)/b7-6-,29-22?,30-24?/t18-,19-/m0/s1. The molecule has 0 spiro atoms. The summed E-state index contributed by atoms with van der Waals surface area (Å²) in [5, 5.41) is 27.5. The molecule has 0 radical (unpaired) electrons. The average molecular weight is 491 g/mol. The number of benzene rings is 2. The highest BCUT2D eigenvalue weighted by atomic mass is 19.1. The van der Waals surface area contributed by atoms with Gasteiger partial charge in [-0.25, -0.2) is 13.8 Å². The third-order valence-corrected chi connectivity index (χ3v) is 5.88. The van der Waals surface area contributed by atoms with Gasteiger partial charge in [-0.15, -0.1) is 0 Å². The lowest BCUT2D eigenvalue weighted by atomic mass is 9.99. The number of nitrogens with one attached hydrogen (secondary N) is 3. The molecule has 184 valence electrons. The van der Waals surface area contributed by atoms with Crippen molar-refractivity contribution >= 4 is 23.4 Å². The number of aliphatic carboxylic acids is 1. The number of hydrogen-bond acceptors (Lipinski definition) is 7. The number of carboxylic acid groups (broad SMARTS) is 1. The third-order valence-electron chi connectivity index (χ3n) is 5.88. The number of allylic oxidation sites excluding steroid dienone is 1. The van der Waals surface area contributed by atoms with Gasteiger partial charge in [0, 0.05) is 35.7 Å². The van der Waals surface area contributed by atoms with Crippen molar-refractivity contribution < 1.29 is 23.4 Å². The Balaban J connectivity index is 1.45. The molecule has 4 N–H and O–H groups in total. The van der Waals surface area contributed by atoms with E-state index in [4.69, 9.17) is 20.7 Å². The van der Waals surface area contributed by atoms with E-state index in [1.807, 2.05) is 0 Å². The average Bonchev–Trinajstić information content (AvgIpc) is 3.68. The van der Waals surface area contributed by atoms with Gasteiger partial charge in [0.2, 0.25) is 5.90 Å². The van der Waals surface area contributed by atoms with Gasteiger partial charge in [0.15, 0.2) is 0 Å². The van der Waals surface area contributed by atoms with Crippen molar-refractivity contribution in [2.45, 2.75) is 18.9 Å². The summed E-state index contributed by atoms with van der Waals surface area (Å²) in [5.74, 6) is -2.53. The minimum atomic E-state index is -0.847. The number of ether oxygens (including phenoxy) is 1. The summed E-state index contributed by atoms with van der Waals surface area (Å²) in [7, 11) is 1.36. The molecule has 1 aliphatic rings. The predicted molar refractivity (Wildman–Crippen MR) is 130 cm³/mol. The Labute approximate surface area is 205 Å². The van der Waals surface area contributed by atoms with Gasteiger partial charge in [-0.05, 0) is 29.7 Å². The van der Waals surface area contributed by atoms with Crippen molar-refractivity contribution in [3.05, 3.63) is 89.4 Å². The van der Waals surface area contributed by atoms with Gasteiger partial charge in [0.05, 0.1) is 36.8 Å². The van der Waals surface area contributed by atoms with Crippen LogP contribution in [0.3, 0.4) is 0 Å². The van der Waals surface area contributed by atoms with E-state index in [-0.39, 0.29) is 35.2 Å². The Morgan fingerprint density at radius 1 is 1.14 bits per heavy atom. The van der Waals surface area contributed by atoms with Gasteiger partial charge in [0.1, 0.15) is 17.5 Å². The quantitative estimate of drug-likeness (QED) is 0.252. The number of carbonyl (C=O) groups is 1. The van der Waals surface area contributed by atoms with Gasteiger partial charge in [-0.3, -0.25) is 15.2 Å². The van der Waals surface area contributed by atoms with Gasteiger partial charge in [0.25, 0.3) is 0 Å². The number of carboxylic acids is 1. The molecule has 2 atom stereocenters. The Morgan fingerprint density at radius 2 is 1.89 bits per heavy atom. The summed E-state index contributed by atoms with van der Waals surface area (Å²) in [6, 6.07) is 8.81. The number of nitrogens with zero attached hydrogens (tertiary/aromatic N) is 2. The molecule has 10 heteroatoms. The fourth-order valence-corrected chi connectivity index (χ4v) is 3.70. The highest BCUT2D eigenvalue weighted by Crippen LogP contribution is 2.46. The Hall–Kier alpha value is -4.47. The fraction of sp³-hybridized carbons (Fsp3) is 0.192. The van der Waals surface area contributed by atoms with E-state index in [0.29, 0.717) is 29.1 Å². The molecule has 1 heterocycles. The molecule has 3 aromatic rings. The van der Waals surface area contributed by atoms with Crippen LogP contribution in [0.15, 0.2) is 60.9 Å². The van der Waals surface area contributed by atoms with Crippen LogP contribution >= 0.6 is 0 Å². The molecule has 36 heavy (non-hydrogen) atoms. The smallest absolute Gasteiger partial charge is 0.307 e. The topological polar surface area (TPSA) is 132 Å². The maximum absolute atomic E-state index is 14.6. The van der Waals surface area contributed by atoms with Crippen LogP contribution in [0, 0.1) is 28.4 Å². The second kappa shape index (κ2) is 10.4. The van der Waals surface area contributed by atoms with Crippen LogP contribution in [0.1, 0.15) is 29.2 Å². The van der Waals surface area contributed by atoms with Crippen molar-refractivity contribution in [3.8, 4) is 11.1 Å². The molecule has 0 amide bonds.